The smallest absolute Gasteiger partial charge is 0.431 e. The molecule has 0 fully saturated rings. The summed E-state index contributed by atoms with van der Waals surface area (Å²) in [5.74, 6) is -2.75. The standard InChI is InChI=1S/C14H9ClF4N2O4/c1-20-10(14(17,18)19)5-11(22)21(13(20)25)9-2-6(3-12(23)24)7(15)4-8(9)16/h2,4-5H,3H2,1H3,(H,23,24)/p-1. The number of carbonyl (C=O) groups excluding carboxylic acids is 1. The summed E-state index contributed by atoms with van der Waals surface area (Å²) in [5, 5.41) is 10.4. The van der Waals surface area contributed by atoms with Crippen molar-refractivity contribution in [3.05, 3.63) is 61.1 Å². The largest absolute Gasteiger partial charge is 0.550 e. The summed E-state index contributed by atoms with van der Waals surface area (Å²) in [6, 6.07) is 1.58. The van der Waals surface area contributed by atoms with E-state index in [-0.39, 0.29) is 25.8 Å². The Labute approximate surface area is 141 Å². The van der Waals surface area contributed by atoms with Gasteiger partial charge in [0.05, 0.1) is 5.69 Å². The monoisotopic (exact) mass is 379 g/mol. The van der Waals surface area contributed by atoms with Gasteiger partial charge in [0.1, 0.15) is 11.5 Å². The molecular formula is C14H8ClF4N2O4-. The zero-order chi connectivity index (χ0) is 19.1. The highest BCUT2D eigenvalue weighted by atomic mass is 35.5. The van der Waals surface area contributed by atoms with E-state index in [1.807, 2.05) is 0 Å². The number of hydrogen-bond acceptors (Lipinski definition) is 4. The first kappa shape index (κ1) is 18.7. The molecule has 1 aromatic heterocycles. The van der Waals surface area contributed by atoms with Gasteiger partial charge in [-0.05, 0) is 17.7 Å². The van der Waals surface area contributed by atoms with E-state index >= 15 is 0 Å². The molecule has 0 bridgehead atoms. The van der Waals surface area contributed by atoms with Gasteiger partial charge in [-0.2, -0.15) is 13.2 Å². The number of halogens is 5. The number of aromatic nitrogens is 2. The van der Waals surface area contributed by atoms with Crippen LogP contribution in [0, 0.1) is 5.82 Å². The zero-order valence-electron chi connectivity index (χ0n) is 12.4. The number of benzene rings is 1. The second-order valence-corrected chi connectivity index (χ2v) is 5.39. The van der Waals surface area contributed by atoms with Crippen molar-refractivity contribution >= 4 is 17.6 Å². The van der Waals surface area contributed by atoms with Crippen LogP contribution in [0.25, 0.3) is 5.69 Å². The summed E-state index contributed by atoms with van der Waals surface area (Å²) in [7, 11) is 0.761. The van der Waals surface area contributed by atoms with Crippen molar-refractivity contribution in [1.82, 2.24) is 9.13 Å². The van der Waals surface area contributed by atoms with Crippen LogP contribution in [-0.2, 0) is 24.4 Å². The first-order chi connectivity index (χ1) is 11.4. The average Bonchev–Trinajstić information content (AvgIpc) is 2.45. The molecular weight excluding hydrogens is 372 g/mol. The fourth-order valence-corrected chi connectivity index (χ4v) is 2.38. The van der Waals surface area contributed by atoms with Gasteiger partial charge in [-0.1, -0.05) is 11.6 Å². The predicted molar refractivity (Wildman–Crippen MR) is 76.0 cm³/mol. The Morgan fingerprint density at radius 2 is 1.84 bits per heavy atom. The molecule has 0 aliphatic rings. The topological polar surface area (TPSA) is 84.1 Å². The van der Waals surface area contributed by atoms with Crippen LogP contribution in [0.2, 0.25) is 5.02 Å². The second kappa shape index (κ2) is 6.36. The fraction of sp³-hybridized carbons (Fsp3) is 0.214. The number of carbonyl (C=O) groups is 1. The third-order valence-electron chi connectivity index (χ3n) is 3.30. The van der Waals surface area contributed by atoms with Gasteiger partial charge in [-0.25, -0.2) is 13.8 Å². The first-order valence-electron chi connectivity index (χ1n) is 6.52. The maximum Gasteiger partial charge on any atom is 0.431 e. The lowest BCUT2D eigenvalue weighted by Gasteiger charge is -2.15. The molecule has 0 aliphatic carbocycles. The highest BCUT2D eigenvalue weighted by Crippen LogP contribution is 2.27. The molecule has 1 heterocycles. The van der Waals surface area contributed by atoms with E-state index in [4.69, 9.17) is 11.6 Å². The van der Waals surface area contributed by atoms with Crippen molar-refractivity contribution < 1.29 is 27.5 Å². The quantitative estimate of drug-likeness (QED) is 0.733. The number of aliphatic carboxylic acids is 1. The summed E-state index contributed by atoms with van der Waals surface area (Å²) < 4.78 is 52.8. The van der Waals surface area contributed by atoms with E-state index < -0.39 is 47.0 Å². The van der Waals surface area contributed by atoms with Crippen molar-refractivity contribution in [2.75, 3.05) is 0 Å². The van der Waals surface area contributed by atoms with Crippen molar-refractivity contribution in [3.8, 4) is 5.69 Å². The Balaban J connectivity index is 2.80. The van der Waals surface area contributed by atoms with Crippen LogP contribution in [0.15, 0.2) is 27.8 Å². The number of rotatable bonds is 3. The van der Waals surface area contributed by atoms with Gasteiger partial charge >= 0.3 is 11.9 Å². The highest BCUT2D eigenvalue weighted by Gasteiger charge is 2.35. The van der Waals surface area contributed by atoms with Gasteiger partial charge in [0.15, 0.2) is 0 Å². The normalized spacial score (nSPS) is 11.6. The minimum Gasteiger partial charge on any atom is -0.550 e. The van der Waals surface area contributed by atoms with E-state index in [9.17, 15) is 37.1 Å². The summed E-state index contributed by atoms with van der Waals surface area (Å²) in [4.78, 5) is 34.8. The average molecular weight is 380 g/mol. The molecule has 0 N–H and O–H groups in total. The van der Waals surface area contributed by atoms with Crippen molar-refractivity contribution in [2.45, 2.75) is 12.6 Å². The number of carboxylic acid groups (broad SMARTS) is 1. The van der Waals surface area contributed by atoms with Gasteiger partial charge in [-0.15, -0.1) is 0 Å². The van der Waals surface area contributed by atoms with E-state index in [1.165, 1.54) is 0 Å². The van der Waals surface area contributed by atoms with Crippen LogP contribution in [0.3, 0.4) is 0 Å². The summed E-state index contributed by atoms with van der Waals surface area (Å²) in [6.45, 7) is 0. The van der Waals surface area contributed by atoms with Gasteiger partial charge in [-0.3, -0.25) is 9.36 Å². The molecule has 11 heteroatoms. The zero-order valence-corrected chi connectivity index (χ0v) is 13.1. The van der Waals surface area contributed by atoms with Crippen LogP contribution < -0.4 is 16.4 Å². The van der Waals surface area contributed by atoms with Crippen molar-refractivity contribution in [1.29, 1.82) is 0 Å². The third kappa shape index (κ3) is 3.58. The maximum absolute atomic E-state index is 14.1. The Morgan fingerprint density at radius 1 is 1.24 bits per heavy atom. The molecule has 2 rings (SSSR count). The minimum absolute atomic E-state index is 0.133. The Kier molecular flexibility index (Phi) is 4.76. The summed E-state index contributed by atoms with van der Waals surface area (Å²) in [5.41, 5.74) is -5.30. The molecule has 25 heavy (non-hydrogen) atoms. The van der Waals surface area contributed by atoms with Gasteiger partial charge in [0.2, 0.25) is 0 Å². The maximum atomic E-state index is 14.1. The SMILES string of the molecule is Cn1c(C(F)(F)F)cc(=O)n(-c2cc(CC(=O)[O-])c(Cl)cc2F)c1=O. The lowest BCUT2D eigenvalue weighted by Crippen LogP contribution is -2.41. The minimum atomic E-state index is -4.97. The lowest BCUT2D eigenvalue weighted by atomic mass is 10.1. The van der Waals surface area contributed by atoms with E-state index in [2.05, 4.69) is 0 Å². The van der Waals surface area contributed by atoms with E-state index in [0.717, 1.165) is 13.1 Å². The molecule has 0 saturated heterocycles. The Hall–Kier alpha value is -2.62. The summed E-state index contributed by atoms with van der Waals surface area (Å²) >= 11 is 5.68. The molecule has 0 amide bonds. The molecule has 0 aliphatic heterocycles. The highest BCUT2D eigenvalue weighted by molar-refractivity contribution is 6.31. The van der Waals surface area contributed by atoms with E-state index in [0.29, 0.717) is 6.07 Å². The van der Waals surface area contributed by atoms with Crippen LogP contribution in [-0.4, -0.2) is 15.1 Å². The van der Waals surface area contributed by atoms with Gasteiger partial charge in [0, 0.05) is 30.5 Å². The van der Waals surface area contributed by atoms with Crippen LogP contribution in [0.1, 0.15) is 11.3 Å². The molecule has 6 nitrogen and oxygen atoms in total. The fourth-order valence-electron chi connectivity index (χ4n) is 2.16. The summed E-state index contributed by atoms with van der Waals surface area (Å²) in [6.07, 6.45) is -5.72. The molecule has 0 spiro atoms. The van der Waals surface area contributed by atoms with Gasteiger partial charge in [0.25, 0.3) is 5.56 Å². The van der Waals surface area contributed by atoms with Gasteiger partial charge < -0.3 is 9.90 Å². The molecule has 0 atom stereocenters. The van der Waals surface area contributed by atoms with E-state index in [1.54, 1.807) is 0 Å². The van der Waals surface area contributed by atoms with Crippen LogP contribution >= 0.6 is 11.6 Å². The number of hydrogen-bond donors (Lipinski definition) is 0. The molecule has 0 unspecified atom stereocenters. The molecule has 0 radical (unpaired) electrons. The molecule has 0 saturated carbocycles. The molecule has 2 aromatic rings. The first-order valence-corrected chi connectivity index (χ1v) is 6.89. The second-order valence-electron chi connectivity index (χ2n) is 4.99. The molecule has 134 valence electrons. The predicted octanol–water partition coefficient (Wildman–Crippen LogP) is 0.640. The lowest BCUT2D eigenvalue weighted by molar-refractivity contribution is -0.304. The number of nitrogens with zero attached hydrogens (tertiary/aromatic N) is 2. The van der Waals surface area contributed by atoms with Crippen LogP contribution in [0.5, 0.6) is 0 Å². The third-order valence-corrected chi connectivity index (χ3v) is 3.65. The van der Waals surface area contributed by atoms with Crippen LogP contribution in [0.4, 0.5) is 17.6 Å². The number of alkyl halides is 3. The molecule has 1 aromatic carbocycles. The Bertz CT molecular complexity index is 979. The van der Waals surface area contributed by atoms with Crippen molar-refractivity contribution in [2.24, 2.45) is 7.05 Å². The Morgan fingerprint density at radius 3 is 2.36 bits per heavy atom. The van der Waals surface area contributed by atoms with Crippen molar-refractivity contribution in [3.63, 3.8) is 0 Å². The number of carboxylic acids is 1.